The molecule has 29 heavy (non-hydrogen) atoms. The molecule has 0 radical (unpaired) electrons. The highest BCUT2D eigenvalue weighted by molar-refractivity contribution is 7.12. The Morgan fingerprint density at radius 3 is 2.55 bits per heavy atom. The van der Waals surface area contributed by atoms with Crippen LogP contribution >= 0.6 is 11.3 Å². The number of anilines is 1. The Kier molecular flexibility index (Phi) is 6.91. The second kappa shape index (κ2) is 10.0. The quantitative estimate of drug-likeness (QED) is 0.333. The molecule has 0 fully saturated rings. The first-order valence-corrected chi connectivity index (χ1v) is 9.66. The van der Waals surface area contributed by atoms with Gasteiger partial charge in [0.15, 0.2) is 0 Å². The van der Waals surface area contributed by atoms with Crippen molar-refractivity contribution in [2.75, 3.05) is 11.9 Å². The number of para-hydroxylation sites is 1. The van der Waals surface area contributed by atoms with Crippen LogP contribution in [0.4, 0.5) is 5.69 Å². The van der Waals surface area contributed by atoms with Crippen molar-refractivity contribution in [1.29, 1.82) is 0 Å². The number of hydrogen-bond donors (Lipinski definition) is 2. The fourth-order valence-corrected chi connectivity index (χ4v) is 3.03. The molecule has 1 heterocycles. The van der Waals surface area contributed by atoms with Crippen molar-refractivity contribution >= 4 is 35.1 Å². The number of amides is 2. The molecule has 0 saturated carbocycles. The molecule has 3 rings (SSSR count). The van der Waals surface area contributed by atoms with E-state index in [-0.39, 0.29) is 5.91 Å². The Hall–Kier alpha value is -3.71. The van der Waals surface area contributed by atoms with Crippen LogP contribution in [0.15, 0.2) is 83.8 Å². The molecule has 0 aliphatic heterocycles. The molecule has 2 aromatic carbocycles. The maximum atomic E-state index is 12.5. The molecule has 0 aliphatic carbocycles. The molecule has 7 heteroatoms. The van der Waals surface area contributed by atoms with E-state index in [1.165, 1.54) is 17.6 Å². The second-order valence-corrected chi connectivity index (χ2v) is 6.79. The lowest BCUT2D eigenvalue weighted by molar-refractivity contribution is 0.0956. The molecule has 3 aromatic rings. The number of benzene rings is 2. The number of nitrogens with zero attached hydrogens (tertiary/aromatic N) is 1. The monoisotopic (exact) mass is 405 g/mol. The highest BCUT2D eigenvalue weighted by Gasteiger charge is 2.14. The first kappa shape index (κ1) is 20.0. The van der Waals surface area contributed by atoms with Crippen molar-refractivity contribution in [1.82, 2.24) is 5.43 Å². The average molecular weight is 405 g/mol. The normalized spacial score (nSPS) is 10.5. The lowest BCUT2D eigenvalue weighted by Gasteiger charge is -2.09. The van der Waals surface area contributed by atoms with E-state index in [2.05, 4.69) is 22.4 Å². The molecule has 146 valence electrons. The number of carbonyl (C=O) groups is 2. The van der Waals surface area contributed by atoms with E-state index in [1.807, 2.05) is 29.6 Å². The summed E-state index contributed by atoms with van der Waals surface area (Å²) >= 11 is 1.33. The standard InChI is InChI=1S/C22H19N3O3S/c1-2-13-28-17-11-9-16(10-12-17)15-23-25-21(26)18-6-3-4-7-19(18)24-22(27)20-8-5-14-29-20/h2-12,14-15H,1,13H2,(H,24,27)(H,25,26)/b23-15-. The molecule has 0 atom stereocenters. The summed E-state index contributed by atoms with van der Waals surface area (Å²) < 4.78 is 5.42. The number of ether oxygens (including phenoxy) is 1. The third kappa shape index (κ3) is 5.63. The molecule has 0 bridgehead atoms. The van der Waals surface area contributed by atoms with Crippen LogP contribution in [0.2, 0.25) is 0 Å². The van der Waals surface area contributed by atoms with Crippen molar-refractivity contribution in [2.24, 2.45) is 5.10 Å². The SMILES string of the molecule is C=CCOc1ccc(/C=N\NC(=O)c2ccccc2NC(=O)c2cccs2)cc1. The van der Waals surface area contributed by atoms with Crippen LogP contribution in [-0.2, 0) is 0 Å². The lowest BCUT2D eigenvalue weighted by atomic mass is 10.1. The van der Waals surface area contributed by atoms with E-state index >= 15 is 0 Å². The van der Waals surface area contributed by atoms with Crippen molar-refractivity contribution in [3.8, 4) is 5.75 Å². The summed E-state index contributed by atoms with van der Waals surface area (Å²) in [5, 5.41) is 8.57. The van der Waals surface area contributed by atoms with Gasteiger partial charge >= 0.3 is 0 Å². The Balaban J connectivity index is 1.62. The zero-order valence-corrected chi connectivity index (χ0v) is 16.3. The Bertz CT molecular complexity index is 1010. The molecular formula is C22H19N3O3S. The smallest absolute Gasteiger partial charge is 0.273 e. The van der Waals surface area contributed by atoms with E-state index in [1.54, 1.807) is 42.5 Å². The third-order valence-corrected chi connectivity index (χ3v) is 4.66. The maximum Gasteiger partial charge on any atom is 0.273 e. The molecule has 6 nitrogen and oxygen atoms in total. The van der Waals surface area contributed by atoms with Gasteiger partial charge in [0.25, 0.3) is 11.8 Å². The fraction of sp³-hybridized carbons (Fsp3) is 0.0455. The highest BCUT2D eigenvalue weighted by Crippen LogP contribution is 2.18. The first-order chi connectivity index (χ1) is 14.2. The van der Waals surface area contributed by atoms with Crippen molar-refractivity contribution in [2.45, 2.75) is 0 Å². The van der Waals surface area contributed by atoms with Gasteiger partial charge in [-0.05, 0) is 53.4 Å². The predicted octanol–water partition coefficient (Wildman–Crippen LogP) is 4.33. The van der Waals surface area contributed by atoms with Gasteiger partial charge in [0.1, 0.15) is 12.4 Å². The van der Waals surface area contributed by atoms with Crippen LogP contribution in [0, 0.1) is 0 Å². The minimum Gasteiger partial charge on any atom is -0.490 e. The summed E-state index contributed by atoms with van der Waals surface area (Å²) in [6.07, 6.45) is 3.20. The molecule has 2 N–H and O–H groups in total. The van der Waals surface area contributed by atoms with E-state index < -0.39 is 5.91 Å². The molecule has 0 aliphatic rings. The van der Waals surface area contributed by atoms with Gasteiger partial charge in [-0.3, -0.25) is 9.59 Å². The van der Waals surface area contributed by atoms with E-state index in [9.17, 15) is 9.59 Å². The highest BCUT2D eigenvalue weighted by atomic mass is 32.1. The van der Waals surface area contributed by atoms with Crippen molar-refractivity contribution in [3.63, 3.8) is 0 Å². The van der Waals surface area contributed by atoms with Crippen molar-refractivity contribution in [3.05, 3.63) is 94.7 Å². The van der Waals surface area contributed by atoms with Gasteiger partial charge in [-0.15, -0.1) is 11.3 Å². The summed E-state index contributed by atoms with van der Waals surface area (Å²) in [4.78, 5) is 25.3. The van der Waals surface area contributed by atoms with E-state index in [0.717, 1.165) is 11.3 Å². The number of rotatable bonds is 8. The topological polar surface area (TPSA) is 79.8 Å². The summed E-state index contributed by atoms with van der Waals surface area (Å²) in [5.41, 5.74) is 4.02. The first-order valence-electron chi connectivity index (χ1n) is 8.78. The lowest BCUT2D eigenvalue weighted by Crippen LogP contribution is -2.21. The second-order valence-electron chi connectivity index (χ2n) is 5.84. The van der Waals surface area contributed by atoms with E-state index in [4.69, 9.17) is 4.74 Å². The van der Waals surface area contributed by atoms with Gasteiger partial charge in [0.2, 0.25) is 0 Å². The molecular weight excluding hydrogens is 386 g/mol. The summed E-state index contributed by atoms with van der Waals surface area (Å²) in [5.74, 6) is 0.0401. The van der Waals surface area contributed by atoms with Crippen LogP contribution in [0.25, 0.3) is 0 Å². The minimum atomic E-state index is -0.422. The zero-order valence-electron chi connectivity index (χ0n) is 15.5. The number of thiophene rings is 1. The van der Waals surface area contributed by atoms with Crippen LogP contribution in [-0.4, -0.2) is 24.6 Å². The molecule has 0 spiro atoms. The zero-order chi connectivity index (χ0) is 20.5. The molecule has 0 saturated heterocycles. The minimum absolute atomic E-state index is 0.262. The summed E-state index contributed by atoms with van der Waals surface area (Å²) in [6, 6.07) is 17.6. The third-order valence-electron chi connectivity index (χ3n) is 3.79. The fourth-order valence-electron chi connectivity index (χ4n) is 2.41. The van der Waals surface area contributed by atoms with Gasteiger partial charge in [-0.2, -0.15) is 5.10 Å². The van der Waals surface area contributed by atoms with Gasteiger partial charge in [-0.25, -0.2) is 5.43 Å². The Labute approximate surface area is 172 Å². The van der Waals surface area contributed by atoms with Crippen LogP contribution in [0.5, 0.6) is 5.75 Å². The Morgan fingerprint density at radius 2 is 1.83 bits per heavy atom. The van der Waals surface area contributed by atoms with E-state index in [0.29, 0.717) is 22.7 Å². The number of carbonyl (C=O) groups excluding carboxylic acids is 2. The van der Waals surface area contributed by atoms with Crippen LogP contribution in [0.3, 0.4) is 0 Å². The average Bonchev–Trinajstić information content (AvgIpc) is 3.28. The largest absolute Gasteiger partial charge is 0.490 e. The maximum absolute atomic E-state index is 12.5. The van der Waals surface area contributed by atoms with Gasteiger partial charge in [0, 0.05) is 0 Å². The molecule has 0 unspecified atom stereocenters. The van der Waals surface area contributed by atoms with Crippen molar-refractivity contribution < 1.29 is 14.3 Å². The molecule has 2 amide bonds. The van der Waals surface area contributed by atoms with Gasteiger partial charge in [0.05, 0.1) is 22.3 Å². The number of hydrogen-bond acceptors (Lipinski definition) is 5. The molecule has 1 aromatic heterocycles. The van der Waals surface area contributed by atoms with Gasteiger partial charge in [-0.1, -0.05) is 30.9 Å². The summed E-state index contributed by atoms with van der Waals surface area (Å²) in [7, 11) is 0. The predicted molar refractivity (Wildman–Crippen MR) is 116 cm³/mol. The number of hydrazone groups is 1. The number of nitrogens with one attached hydrogen (secondary N) is 2. The Morgan fingerprint density at radius 1 is 1.03 bits per heavy atom. The van der Waals surface area contributed by atoms with Gasteiger partial charge < -0.3 is 10.1 Å². The van der Waals surface area contributed by atoms with Crippen LogP contribution in [0.1, 0.15) is 25.6 Å². The van der Waals surface area contributed by atoms with Crippen LogP contribution < -0.4 is 15.5 Å². The summed E-state index contributed by atoms with van der Waals surface area (Å²) in [6.45, 7) is 4.04.